The zero-order chi connectivity index (χ0) is 17.5. The molecule has 0 radical (unpaired) electrons. The van der Waals surface area contributed by atoms with Gasteiger partial charge in [-0.2, -0.15) is 5.10 Å². The van der Waals surface area contributed by atoms with E-state index in [1.807, 2.05) is 17.9 Å². The van der Waals surface area contributed by atoms with E-state index in [-0.39, 0.29) is 24.0 Å². The van der Waals surface area contributed by atoms with Crippen molar-refractivity contribution in [3.63, 3.8) is 0 Å². The van der Waals surface area contributed by atoms with Gasteiger partial charge in [-0.05, 0) is 38.2 Å². The first-order valence-electron chi connectivity index (χ1n) is 9.95. The second-order valence-electron chi connectivity index (χ2n) is 7.53. The topological polar surface area (TPSA) is 57.5 Å². The molecule has 0 amide bonds. The lowest BCUT2D eigenvalue weighted by Gasteiger charge is -2.39. The normalized spacial score (nSPS) is 20.6. The Morgan fingerprint density at radius 3 is 2.54 bits per heavy atom. The number of halogens is 1. The fraction of sp³-hybridized carbons (Fsp3) is 0.789. The van der Waals surface area contributed by atoms with Gasteiger partial charge in [-0.15, -0.1) is 24.0 Å². The quantitative estimate of drug-likeness (QED) is 0.392. The van der Waals surface area contributed by atoms with Crippen LogP contribution in [0.15, 0.2) is 17.4 Å². The number of piperidine rings is 1. The van der Waals surface area contributed by atoms with E-state index in [4.69, 9.17) is 0 Å². The molecule has 26 heavy (non-hydrogen) atoms. The lowest BCUT2D eigenvalue weighted by Crippen LogP contribution is -2.51. The van der Waals surface area contributed by atoms with Crippen LogP contribution in [-0.4, -0.2) is 59.4 Å². The molecule has 1 aromatic heterocycles. The summed E-state index contributed by atoms with van der Waals surface area (Å²) in [5, 5.41) is 11.3. The van der Waals surface area contributed by atoms with Crippen molar-refractivity contribution in [3.8, 4) is 0 Å². The molecule has 7 heteroatoms. The van der Waals surface area contributed by atoms with Gasteiger partial charge in [0.05, 0.1) is 12.7 Å². The maximum Gasteiger partial charge on any atom is 0.191 e. The second-order valence-corrected chi connectivity index (χ2v) is 7.53. The first kappa shape index (κ1) is 21.5. The van der Waals surface area contributed by atoms with Crippen molar-refractivity contribution < 1.29 is 0 Å². The van der Waals surface area contributed by atoms with Crippen molar-refractivity contribution >= 4 is 29.9 Å². The lowest BCUT2D eigenvalue weighted by molar-refractivity contribution is 0.119. The summed E-state index contributed by atoms with van der Waals surface area (Å²) in [6.45, 7) is 6.21. The van der Waals surface area contributed by atoms with Gasteiger partial charge in [-0.1, -0.05) is 19.3 Å². The molecule has 6 nitrogen and oxygen atoms in total. The fourth-order valence-corrected chi connectivity index (χ4v) is 4.12. The van der Waals surface area contributed by atoms with E-state index in [0.717, 1.165) is 25.1 Å². The van der Waals surface area contributed by atoms with Gasteiger partial charge in [0, 0.05) is 45.0 Å². The molecule has 1 saturated heterocycles. The maximum absolute atomic E-state index is 4.38. The van der Waals surface area contributed by atoms with Crippen LogP contribution >= 0.6 is 24.0 Å². The molecule has 0 bridgehead atoms. The number of hydrogen-bond donors (Lipinski definition) is 2. The van der Waals surface area contributed by atoms with Crippen molar-refractivity contribution in [1.82, 2.24) is 25.3 Å². The average molecular weight is 474 g/mol. The monoisotopic (exact) mass is 474 g/mol. The molecule has 0 aromatic carbocycles. The summed E-state index contributed by atoms with van der Waals surface area (Å²) in [5.41, 5.74) is 1.20. The van der Waals surface area contributed by atoms with Crippen LogP contribution in [0.4, 0.5) is 0 Å². The number of nitrogens with zero attached hydrogens (tertiary/aromatic N) is 4. The zero-order valence-electron chi connectivity index (χ0n) is 16.3. The minimum atomic E-state index is 0. The molecule has 1 aromatic rings. The minimum Gasteiger partial charge on any atom is -0.355 e. The standard InChI is InChI=1S/C19H34N6.HI/c1-16-14-22-25(15-16)13-10-21-19(20-2)23-17-8-11-24(12-9-17)18-6-4-3-5-7-18;/h14-15,17-18H,3-13H2,1-2H3,(H2,20,21,23);1H. The SMILES string of the molecule is CN=C(NCCn1cc(C)cn1)NC1CCN(C2CCCCC2)CC1.I. The Labute approximate surface area is 175 Å². The summed E-state index contributed by atoms with van der Waals surface area (Å²) in [5.74, 6) is 0.917. The average Bonchev–Trinajstić information content (AvgIpc) is 3.07. The van der Waals surface area contributed by atoms with Gasteiger partial charge in [0.15, 0.2) is 5.96 Å². The largest absolute Gasteiger partial charge is 0.355 e. The fourth-order valence-electron chi connectivity index (χ4n) is 4.12. The van der Waals surface area contributed by atoms with E-state index in [1.54, 1.807) is 0 Å². The van der Waals surface area contributed by atoms with Gasteiger partial charge in [0.1, 0.15) is 0 Å². The number of aryl methyl sites for hydroxylation is 1. The number of rotatable bonds is 5. The smallest absolute Gasteiger partial charge is 0.191 e. The third-order valence-electron chi connectivity index (χ3n) is 5.58. The number of likely N-dealkylation sites (tertiary alicyclic amines) is 1. The Morgan fingerprint density at radius 2 is 1.92 bits per heavy atom. The highest BCUT2D eigenvalue weighted by molar-refractivity contribution is 14.0. The Kier molecular flexibility index (Phi) is 9.18. The molecule has 2 aliphatic rings. The molecule has 2 heterocycles. The highest BCUT2D eigenvalue weighted by Gasteiger charge is 2.26. The Morgan fingerprint density at radius 1 is 1.19 bits per heavy atom. The van der Waals surface area contributed by atoms with Gasteiger partial charge >= 0.3 is 0 Å². The van der Waals surface area contributed by atoms with Crippen molar-refractivity contribution in [2.75, 3.05) is 26.7 Å². The second kappa shape index (κ2) is 11.1. The Bertz CT molecular complexity index is 544. The zero-order valence-corrected chi connectivity index (χ0v) is 18.6. The van der Waals surface area contributed by atoms with Crippen LogP contribution in [0.25, 0.3) is 0 Å². The summed E-state index contributed by atoms with van der Waals surface area (Å²) in [6.07, 6.45) is 13.5. The van der Waals surface area contributed by atoms with Crippen LogP contribution in [0.5, 0.6) is 0 Å². The number of nitrogens with one attached hydrogen (secondary N) is 2. The van der Waals surface area contributed by atoms with Gasteiger partial charge in [0.25, 0.3) is 0 Å². The highest BCUT2D eigenvalue weighted by Crippen LogP contribution is 2.25. The summed E-state index contributed by atoms with van der Waals surface area (Å²) in [7, 11) is 1.85. The van der Waals surface area contributed by atoms with Crippen molar-refractivity contribution in [2.24, 2.45) is 4.99 Å². The molecule has 1 aliphatic heterocycles. The third-order valence-corrected chi connectivity index (χ3v) is 5.58. The van der Waals surface area contributed by atoms with Gasteiger partial charge in [-0.25, -0.2) is 0 Å². The van der Waals surface area contributed by atoms with E-state index in [1.165, 1.54) is 63.6 Å². The Hall–Kier alpha value is -0.830. The van der Waals surface area contributed by atoms with Gasteiger partial charge in [0.2, 0.25) is 0 Å². The van der Waals surface area contributed by atoms with E-state index >= 15 is 0 Å². The molecule has 2 N–H and O–H groups in total. The van der Waals surface area contributed by atoms with Crippen LogP contribution in [-0.2, 0) is 6.54 Å². The van der Waals surface area contributed by atoms with E-state index in [2.05, 4.69) is 38.7 Å². The van der Waals surface area contributed by atoms with E-state index in [0.29, 0.717) is 6.04 Å². The van der Waals surface area contributed by atoms with Crippen molar-refractivity contribution in [3.05, 3.63) is 18.0 Å². The lowest BCUT2D eigenvalue weighted by atomic mass is 9.92. The van der Waals surface area contributed by atoms with E-state index in [9.17, 15) is 0 Å². The summed E-state index contributed by atoms with van der Waals surface area (Å²) in [6, 6.07) is 1.39. The minimum absolute atomic E-state index is 0. The highest BCUT2D eigenvalue weighted by atomic mass is 127. The molecule has 0 atom stereocenters. The number of hydrogen-bond acceptors (Lipinski definition) is 3. The molecular weight excluding hydrogens is 439 g/mol. The Balaban J connectivity index is 0.00000243. The molecule has 2 fully saturated rings. The molecule has 3 rings (SSSR count). The van der Waals surface area contributed by atoms with Crippen LogP contribution in [0, 0.1) is 6.92 Å². The molecule has 1 saturated carbocycles. The number of aliphatic imine (C=N–C) groups is 1. The van der Waals surface area contributed by atoms with Crippen LogP contribution < -0.4 is 10.6 Å². The summed E-state index contributed by atoms with van der Waals surface area (Å²) >= 11 is 0. The maximum atomic E-state index is 4.38. The molecule has 1 aliphatic carbocycles. The molecule has 0 spiro atoms. The number of aromatic nitrogens is 2. The first-order chi connectivity index (χ1) is 12.2. The summed E-state index contributed by atoms with van der Waals surface area (Å²) in [4.78, 5) is 7.11. The van der Waals surface area contributed by atoms with E-state index < -0.39 is 0 Å². The van der Waals surface area contributed by atoms with Crippen molar-refractivity contribution in [1.29, 1.82) is 0 Å². The van der Waals surface area contributed by atoms with Crippen LogP contribution in [0.1, 0.15) is 50.5 Å². The number of guanidine groups is 1. The molecule has 0 unspecified atom stereocenters. The molecule has 148 valence electrons. The summed E-state index contributed by atoms with van der Waals surface area (Å²) < 4.78 is 1.97. The van der Waals surface area contributed by atoms with Crippen LogP contribution in [0.3, 0.4) is 0 Å². The van der Waals surface area contributed by atoms with Crippen molar-refractivity contribution in [2.45, 2.75) is 70.5 Å². The first-order valence-corrected chi connectivity index (χ1v) is 9.95. The predicted octanol–water partition coefficient (Wildman–Crippen LogP) is 2.77. The third kappa shape index (κ3) is 6.40. The predicted molar refractivity (Wildman–Crippen MR) is 118 cm³/mol. The van der Waals surface area contributed by atoms with Gasteiger partial charge in [-0.3, -0.25) is 9.67 Å². The van der Waals surface area contributed by atoms with Crippen LogP contribution in [0.2, 0.25) is 0 Å². The molecular formula is C19H35IN6. The van der Waals surface area contributed by atoms with Gasteiger partial charge < -0.3 is 15.5 Å².